The summed E-state index contributed by atoms with van der Waals surface area (Å²) in [6.45, 7) is 2.61. The molecule has 0 amide bonds. The fourth-order valence-corrected chi connectivity index (χ4v) is 3.31. The molecule has 1 aliphatic heterocycles. The molecule has 0 saturated carbocycles. The van der Waals surface area contributed by atoms with Crippen LogP contribution in [-0.2, 0) is 19.6 Å². The molecule has 2 aromatic carbocycles. The number of nitrogens with zero attached hydrogens (tertiary/aromatic N) is 1. The lowest BCUT2D eigenvalue weighted by Crippen LogP contribution is -2.17. The Morgan fingerprint density at radius 2 is 1.96 bits per heavy atom. The van der Waals surface area contributed by atoms with Crippen LogP contribution in [0.15, 0.2) is 52.9 Å². The SMILES string of the molecule is CN1CCCc2oc3cccc(OCc4ccccc4)c3c2C1. The molecular formula is C20H21NO2. The summed E-state index contributed by atoms with van der Waals surface area (Å²) in [6.07, 6.45) is 2.15. The third-order valence-corrected chi connectivity index (χ3v) is 4.47. The summed E-state index contributed by atoms with van der Waals surface area (Å²) in [6, 6.07) is 16.4. The first-order valence-corrected chi connectivity index (χ1v) is 8.20. The van der Waals surface area contributed by atoms with Crippen LogP contribution in [0.1, 0.15) is 23.3 Å². The molecule has 0 N–H and O–H groups in total. The Balaban J connectivity index is 1.70. The molecule has 0 atom stereocenters. The van der Waals surface area contributed by atoms with Crippen molar-refractivity contribution >= 4 is 11.0 Å². The molecule has 0 unspecified atom stereocenters. The van der Waals surface area contributed by atoms with E-state index in [0.717, 1.165) is 48.4 Å². The van der Waals surface area contributed by atoms with Gasteiger partial charge in [-0.05, 0) is 37.7 Å². The summed E-state index contributed by atoms with van der Waals surface area (Å²) >= 11 is 0. The van der Waals surface area contributed by atoms with Crippen LogP contribution in [0.2, 0.25) is 0 Å². The molecule has 0 saturated heterocycles. The van der Waals surface area contributed by atoms with Crippen molar-refractivity contribution in [1.29, 1.82) is 0 Å². The average molecular weight is 307 g/mol. The zero-order valence-corrected chi connectivity index (χ0v) is 13.4. The second-order valence-corrected chi connectivity index (χ2v) is 6.25. The largest absolute Gasteiger partial charge is 0.488 e. The maximum atomic E-state index is 6.13. The Hall–Kier alpha value is -2.26. The number of benzene rings is 2. The van der Waals surface area contributed by atoms with Gasteiger partial charge in [0.05, 0.1) is 5.39 Å². The van der Waals surface area contributed by atoms with Crippen LogP contribution in [0.3, 0.4) is 0 Å². The van der Waals surface area contributed by atoms with Crippen LogP contribution in [0, 0.1) is 0 Å². The van der Waals surface area contributed by atoms with Crippen molar-refractivity contribution in [1.82, 2.24) is 4.90 Å². The van der Waals surface area contributed by atoms with Crippen molar-refractivity contribution in [2.45, 2.75) is 26.0 Å². The van der Waals surface area contributed by atoms with E-state index in [1.165, 1.54) is 11.1 Å². The van der Waals surface area contributed by atoms with Gasteiger partial charge in [-0.1, -0.05) is 36.4 Å². The van der Waals surface area contributed by atoms with Crippen molar-refractivity contribution in [3.63, 3.8) is 0 Å². The minimum absolute atomic E-state index is 0.579. The van der Waals surface area contributed by atoms with Crippen LogP contribution in [0.4, 0.5) is 0 Å². The summed E-state index contributed by atoms with van der Waals surface area (Å²) in [5.41, 5.74) is 3.41. The standard InChI is InChI=1S/C20H21NO2/c1-21-12-6-11-17-16(13-21)20-18(9-5-10-19(20)23-17)22-14-15-7-3-2-4-8-15/h2-5,7-10H,6,11-14H2,1H3. The first kappa shape index (κ1) is 14.3. The van der Waals surface area contributed by atoms with Crippen LogP contribution in [-0.4, -0.2) is 18.5 Å². The monoisotopic (exact) mass is 307 g/mol. The molecule has 23 heavy (non-hydrogen) atoms. The quantitative estimate of drug-likeness (QED) is 0.717. The Morgan fingerprint density at radius 3 is 2.83 bits per heavy atom. The van der Waals surface area contributed by atoms with Gasteiger partial charge in [0.15, 0.2) is 0 Å². The van der Waals surface area contributed by atoms with Gasteiger partial charge < -0.3 is 14.1 Å². The van der Waals surface area contributed by atoms with E-state index in [4.69, 9.17) is 9.15 Å². The Bertz CT molecular complexity index is 807. The molecule has 0 fully saturated rings. The fraction of sp³-hybridized carbons (Fsp3) is 0.300. The predicted molar refractivity (Wildman–Crippen MR) is 91.6 cm³/mol. The van der Waals surface area contributed by atoms with Crippen molar-refractivity contribution < 1.29 is 9.15 Å². The van der Waals surface area contributed by atoms with E-state index in [1.54, 1.807) is 0 Å². The summed E-state index contributed by atoms with van der Waals surface area (Å²) in [5.74, 6) is 2.05. The number of furan rings is 1. The van der Waals surface area contributed by atoms with E-state index in [1.807, 2.05) is 36.4 Å². The summed E-state index contributed by atoms with van der Waals surface area (Å²) in [5, 5.41) is 1.15. The molecular weight excluding hydrogens is 286 g/mol. The second-order valence-electron chi connectivity index (χ2n) is 6.25. The lowest BCUT2D eigenvalue weighted by atomic mass is 10.1. The molecule has 3 heteroatoms. The molecule has 0 radical (unpaired) electrons. The van der Waals surface area contributed by atoms with E-state index in [-0.39, 0.29) is 0 Å². The number of ether oxygens (including phenoxy) is 1. The van der Waals surface area contributed by atoms with E-state index < -0.39 is 0 Å². The highest BCUT2D eigenvalue weighted by atomic mass is 16.5. The number of rotatable bonds is 3. The molecule has 1 aromatic heterocycles. The summed E-state index contributed by atoms with van der Waals surface area (Å²) < 4.78 is 12.2. The van der Waals surface area contributed by atoms with Gasteiger partial charge in [-0.25, -0.2) is 0 Å². The fourth-order valence-electron chi connectivity index (χ4n) is 3.31. The topological polar surface area (TPSA) is 25.6 Å². The number of hydrogen-bond donors (Lipinski definition) is 0. The predicted octanol–water partition coefficient (Wildman–Crippen LogP) is 4.39. The maximum absolute atomic E-state index is 6.13. The molecule has 2 heterocycles. The van der Waals surface area contributed by atoms with Gasteiger partial charge in [-0.3, -0.25) is 0 Å². The van der Waals surface area contributed by atoms with Crippen molar-refractivity contribution in [2.75, 3.05) is 13.6 Å². The molecule has 3 aromatic rings. The van der Waals surface area contributed by atoms with Crippen molar-refractivity contribution in [2.24, 2.45) is 0 Å². The van der Waals surface area contributed by atoms with Crippen LogP contribution >= 0.6 is 0 Å². The minimum Gasteiger partial charge on any atom is -0.488 e. The van der Waals surface area contributed by atoms with Gasteiger partial charge in [0.1, 0.15) is 23.7 Å². The van der Waals surface area contributed by atoms with Crippen LogP contribution in [0.25, 0.3) is 11.0 Å². The highest BCUT2D eigenvalue weighted by molar-refractivity contribution is 5.88. The van der Waals surface area contributed by atoms with E-state index in [2.05, 4.69) is 24.1 Å². The lowest BCUT2D eigenvalue weighted by Gasteiger charge is -2.13. The van der Waals surface area contributed by atoms with Gasteiger partial charge in [-0.2, -0.15) is 0 Å². The van der Waals surface area contributed by atoms with Gasteiger partial charge >= 0.3 is 0 Å². The first-order valence-electron chi connectivity index (χ1n) is 8.20. The van der Waals surface area contributed by atoms with Crippen LogP contribution in [0.5, 0.6) is 5.75 Å². The van der Waals surface area contributed by atoms with E-state index >= 15 is 0 Å². The van der Waals surface area contributed by atoms with Crippen molar-refractivity contribution in [3.8, 4) is 5.75 Å². The van der Waals surface area contributed by atoms with E-state index in [9.17, 15) is 0 Å². The maximum Gasteiger partial charge on any atom is 0.138 e. The molecule has 0 bridgehead atoms. The lowest BCUT2D eigenvalue weighted by molar-refractivity contribution is 0.308. The molecule has 0 spiro atoms. The molecule has 118 valence electrons. The molecule has 1 aliphatic rings. The normalized spacial score (nSPS) is 15.3. The second kappa shape index (κ2) is 6.09. The number of aryl methyl sites for hydroxylation is 1. The third-order valence-electron chi connectivity index (χ3n) is 4.47. The van der Waals surface area contributed by atoms with Crippen LogP contribution < -0.4 is 4.74 Å². The zero-order valence-electron chi connectivity index (χ0n) is 13.4. The van der Waals surface area contributed by atoms with Gasteiger partial charge in [0.2, 0.25) is 0 Å². The minimum atomic E-state index is 0.579. The van der Waals surface area contributed by atoms with Gasteiger partial charge in [0, 0.05) is 18.5 Å². The van der Waals surface area contributed by atoms with Crippen molar-refractivity contribution in [3.05, 3.63) is 65.4 Å². The summed E-state index contributed by atoms with van der Waals surface area (Å²) in [7, 11) is 2.17. The smallest absolute Gasteiger partial charge is 0.138 e. The van der Waals surface area contributed by atoms with E-state index in [0.29, 0.717) is 6.61 Å². The highest BCUT2D eigenvalue weighted by Gasteiger charge is 2.21. The Labute approximate surface area is 136 Å². The third kappa shape index (κ3) is 2.84. The summed E-state index contributed by atoms with van der Waals surface area (Å²) in [4.78, 5) is 2.36. The average Bonchev–Trinajstić information content (AvgIpc) is 2.81. The molecule has 0 aliphatic carbocycles. The van der Waals surface area contributed by atoms with Gasteiger partial charge in [0.25, 0.3) is 0 Å². The Kier molecular flexibility index (Phi) is 3.80. The Morgan fingerprint density at radius 1 is 1.09 bits per heavy atom. The molecule has 4 rings (SSSR count). The first-order chi connectivity index (χ1) is 11.3. The number of hydrogen-bond acceptors (Lipinski definition) is 3. The zero-order chi connectivity index (χ0) is 15.6. The molecule has 3 nitrogen and oxygen atoms in total. The number of fused-ring (bicyclic) bond motifs is 3. The van der Waals surface area contributed by atoms with Gasteiger partial charge in [-0.15, -0.1) is 0 Å². The highest BCUT2D eigenvalue weighted by Crippen LogP contribution is 2.36.